The van der Waals surface area contributed by atoms with E-state index in [0.29, 0.717) is 25.4 Å². The van der Waals surface area contributed by atoms with Crippen molar-refractivity contribution in [3.05, 3.63) is 54.2 Å². The second-order valence-electron chi connectivity index (χ2n) is 7.16. The number of piperidine rings is 1. The first kappa shape index (κ1) is 18.3. The van der Waals surface area contributed by atoms with Crippen LogP contribution in [0.1, 0.15) is 35.6 Å². The molecule has 7 nitrogen and oxygen atoms in total. The second kappa shape index (κ2) is 8.29. The number of rotatable bonds is 6. The van der Waals surface area contributed by atoms with Crippen LogP contribution in [0.4, 0.5) is 0 Å². The van der Waals surface area contributed by atoms with Crippen molar-refractivity contribution in [2.75, 3.05) is 19.6 Å². The van der Waals surface area contributed by atoms with Gasteiger partial charge in [0.15, 0.2) is 5.76 Å². The molecule has 3 heterocycles. The third kappa shape index (κ3) is 4.08. The largest absolute Gasteiger partial charge is 0.459 e. The van der Waals surface area contributed by atoms with Crippen molar-refractivity contribution in [2.45, 2.75) is 25.7 Å². The van der Waals surface area contributed by atoms with Crippen molar-refractivity contribution in [1.82, 2.24) is 20.2 Å². The van der Waals surface area contributed by atoms with Crippen LogP contribution in [-0.4, -0.2) is 46.3 Å². The first-order valence-corrected chi connectivity index (χ1v) is 9.75. The van der Waals surface area contributed by atoms with Crippen LogP contribution >= 0.6 is 0 Å². The number of aromatic nitrogens is 2. The molecule has 2 aromatic heterocycles. The number of carbonyl (C=O) groups is 2. The van der Waals surface area contributed by atoms with E-state index in [1.165, 1.54) is 6.26 Å². The molecule has 0 unspecified atom stereocenters. The number of hydrogen-bond acceptors (Lipinski definition) is 4. The average molecular weight is 380 g/mol. The number of aromatic amines is 1. The summed E-state index contributed by atoms with van der Waals surface area (Å²) < 4.78 is 5.19. The lowest BCUT2D eigenvalue weighted by atomic mass is 9.97. The molecule has 1 atom stereocenters. The molecule has 1 aliphatic rings. The molecule has 4 rings (SSSR count). The summed E-state index contributed by atoms with van der Waals surface area (Å²) in [4.78, 5) is 34.5. The summed E-state index contributed by atoms with van der Waals surface area (Å²) in [5.41, 5.74) is 2.00. The summed E-state index contributed by atoms with van der Waals surface area (Å²) in [6.45, 7) is 1.70. The Balaban J connectivity index is 1.23. The van der Waals surface area contributed by atoms with E-state index < -0.39 is 0 Å². The molecule has 1 saturated heterocycles. The molecule has 0 spiro atoms. The molecular formula is C21H24N4O3. The topological polar surface area (TPSA) is 91.2 Å². The van der Waals surface area contributed by atoms with Gasteiger partial charge in [-0.25, -0.2) is 4.98 Å². The Labute approximate surface area is 163 Å². The summed E-state index contributed by atoms with van der Waals surface area (Å²) in [5.74, 6) is 0.961. The summed E-state index contributed by atoms with van der Waals surface area (Å²) >= 11 is 0. The lowest BCUT2D eigenvalue weighted by Crippen LogP contribution is -2.45. The van der Waals surface area contributed by atoms with E-state index in [9.17, 15) is 9.59 Å². The molecule has 0 bridgehead atoms. The van der Waals surface area contributed by atoms with E-state index in [1.807, 2.05) is 24.3 Å². The maximum Gasteiger partial charge on any atom is 0.289 e. The summed E-state index contributed by atoms with van der Waals surface area (Å²) in [7, 11) is 0. The highest BCUT2D eigenvalue weighted by atomic mass is 16.3. The van der Waals surface area contributed by atoms with E-state index in [0.717, 1.165) is 42.5 Å². The first-order chi connectivity index (χ1) is 13.7. The van der Waals surface area contributed by atoms with Gasteiger partial charge in [0.1, 0.15) is 5.82 Å². The van der Waals surface area contributed by atoms with Crippen LogP contribution in [0.25, 0.3) is 11.0 Å². The van der Waals surface area contributed by atoms with Gasteiger partial charge in [0.2, 0.25) is 5.91 Å². The molecule has 1 aromatic carbocycles. The highest BCUT2D eigenvalue weighted by molar-refractivity contribution is 5.92. The average Bonchev–Trinajstić information content (AvgIpc) is 3.40. The molecule has 2 N–H and O–H groups in total. The zero-order valence-electron chi connectivity index (χ0n) is 15.7. The van der Waals surface area contributed by atoms with Gasteiger partial charge in [-0.2, -0.15) is 0 Å². The Bertz CT molecular complexity index is 915. The quantitative estimate of drug-likeness (QED) is 0.643. The van der Waals surface area contributed by atoms with Crippen molar-refractivity contribution < 1.29 is 14.0 Å². The number of aryl methyl sites for hydroxylation is 1. The van der Waals surface area contributed by atoms with Crippen molar-refractivity contribution in [2.24, 2.45) is 5.92 Å². The Kier molecular flexibility index (Phi) is 5.41. The molecule has 0 saturated carbocycles. The summed E-state index contributed by atoms with van der Waals surface area (Å²) in [6, 6.07) is 11.3. The van der Waals surface area contributed by atoms with Gasteiger partial charge in [0.05, 0.1) is 23.2 Å². The number of nitrogens with zero attached hydrogens (tertiary/aromatic N) is 2. The summed E-state index contributed by atoms with van der Waals surface area (Å²) in [6.07, 6.45) is 4.71. The standard InChI is InChI=1S/C21H24N4O3/c26-20(15-6-4-12-25(14-15)21(27)18-9-5-13-28-18)22-11-3-10-19-23-16-7-1-2-8-17(16)24-19/h1-2,5,7-9,13,15H,3-4,6,10-12,14H2,(H,22,26)(H,23,24)/t15-/m0/s1. The van der Waals surface area contributed by atoms with Crippen LogP contribution < -0.4 is 5.32 Å². The van der Waals surface area contributed by atoms with Crippen LogP contribution in [0.5, 0.6) is 0 Å². The van der Waals surface area contributed by atoms with Crippen LogP contribution in [-0.2, 0) is 11.2 Å². The highest BCUT2D eigenvalue weighted by Crippen LogP contribution is 2.19. The van der Waals surface area contributed by atoms with Gasteiger partial charge in [-0.15, -0.1) is 0 Å². The van der Waals surface area contributed by atoms with Crippen LogP contribution in [0.2, 0.25) is 0 Å². The van der Waals surface area contributed by atoms with E-state index in [4.69, 9.17) is 4.42 Å². The number of fused-ring (bicyclic) bond motifs is 1. The van der Waals surface area contributed by atoms with Crippen molar-refractivity contribution in [3.63, 3.8) is 0 Å². The van der Waals surface area contributed by atoms with Gasteiger partial charge >= 0.3 is 0 Å². The van der Waals surface area contributed by atoms with Gasteiger partial charge in [-0.3, -0.25) is 9.59 Å². The minimum absolute atomic E-state index is 0.0153. The molecule has 2 amide bonds. The molecule has 28 heavy (non-hydrogen) atoms. The Morgan fingerprint density at radius 3 is 2.96 bits per heavy atom. The maximum atomic E-state index is 12.5. The zero-order chi connectivity index (χ0) is 19.3. The van der Waals surface area contributed by atoms with Gasteiger partial charge in [0.25, 0.3) is 5.91 Å². The monoisotopic (exact) mass is 380 g/mol. The fourth-order valence-corrected chi connectivity index (χ4v) is 3.67. The van der Waals surface area contributed by atoms with Crippen molar-refractivity contribution in [1.29, 1.82) is 0 Å². The van der Waals surface area contributed by atoms with Crippen LogP contribution in [0, 0.1) is 5.92 Å². The third-order valence-corrected chi connectivity index (χ3v) is 5.14. The Hall–Kier alpha value is -3.09. The minimum Gasteiger partial charge on any atom is -0.459 e. The fraction of sp³-hybridized carbons (Fsp3) is 0.381. The number of nitrogens with one attached hydrogen (secondary N) is 2. The van der Waals surface area contributed by atoms with E-state index in [-0.39, 0.29) is 17.7 Å². The number of benzene rings is 1. The third-order valence-electron chi connectivity index (χ3n) is 5.14. The molecular weight excluding hydrogens is 356 g/mol. The lowest BCUT2D eigenvalue weighted by molar-refractivity contribution is -0.126. The molecule has 1 aliphatic heterocycles. The lowest BCUT2D eigenvalue weighted by Gasteiger charge is -2.31. The number of furan rings is 1. The number of H-pyrrole nitrogens is 1. The number of carbonyl (C=O) groups excluding carboxylic acids is 2. The highest BCUT2D eigenvalue weighted by Gasteiger charge is 2.29. The predicted octanol–water partition coefficient (Wildman–Crippen LogP) is 2.76. The minimum atomic E-state index is -0.168. The van der Waals surface area contributed by atoms with Gasteiger partial charge in [-0.05, 0) is 43.5 Å². The smallest absolute Gasteiger partial charge is 0.289 e. The molecule has 3 aromatic rings. The van der Waals surface area contributed by atoms with Gasteiger partial charge in [-0.1, -0.05) is 12.1 Å². The Morgan fingerprint density at radius 2 is 2.14 bits per heavy atom. The molecule has 7 heteroatoms. The van der Waals surface area contributed by atoms with Crippen LogP contribution in [0.3, 0.4) is 0 Å². The second-order valence-corrected chi connectivity index (χ2v) is 7.16. The number of amides is 2. The summed E-state index contributed by atoms with van der Waals surface area (Å²) in [5, 5.41) is 3.01. The number of likely N-dealkylation sites (tertiary alicyclic amines) is 1. The fourth-order valence-electron chi connectivity index (χ4n) is 3.67. The van der Waals surface area contributed by atoms with Gasteiger partial charge < -0.3 is 19.6 Å². The maximum absolute atomic E-state index is 12.5. The SMILES string of the molecule is O=C(NCCCc1nc2ccccc2[nH]1)[C@H]1CCCN(C(=O)c2ccco2)C1. The van der Waals surface area contributed by atoms with Crippen LogP contribution in [0.15, 0.2) is 47.1 Å². The normalized spacial score (nSPS) is 17.0. The number of imidazole rings is 1. The first-order valence-electron chi connectivity index (χ1n) is 9.75. The zero-order valence-corrected chi connectivity index (χ0v) is 15.7. The number of para-hydroxylation sites is 2. The predicted molar refractivity (Wildman–Crippen MR) is 105 cm³/mol. The molecule has 146 valence electrons. The number of hydrogen-bond donors (Lipinski definition) is 2. The van der Waals surface area contributed by atoms with Crippen molar-refractivity contribution in [3.8, 4) is 0 Å². The molecule has 0 aliphatic carbocycles. The van der Waals surface area contributed by atoms with Gasteiger partial charge in [0, 0.05) is 26.1 Å². The van der Waals surface area contributed by atoms with E-state index in [2.05, 4.69) is 15.3 Å². The van der Waals surface area contributed by atoms with E-state index in [1.54, 1.807) is 17.0 Å². The Morgan fingerprint density at radius 1 is 1.25 bits per heavy atom. The van der Waals surface area contributed by atoms with Crippen molar-refractivity contribution >= 4 is 22.8 Å². The molecule has 0 radical (unpaired) electrons. The van der Waals surface area contributed by atoms with E-state index >= 15 is 0 Å². The molecule has 1 fully saturated rings.